The van der Waals surface area contributed by atoms with E-state index in [1.54, 1.807) is 0 Å². The standard InChI is InChI=1S/C2H8O2SSi/c1-2-6-5(3)4/h2,6H2,1H3,(H,3,4)/p-1. The molecule has 1 atom stereocenters. The average Bonchev–Trinajstić information content (AvgIpc) is 1.35. The second-order valence-electron chi connectivity index (χ2n) is 1.01. The lowest BCUT2D eigenvalue weighted by Crippen LogP contribution is -1.95. The third-order valence-electron chi connectivity index (χ3n) is 0.371. The van der Waals surface area contributed by atoms with Crippen LogP contribution in [0.1, 0.15) is 6.92 Å². The lowest BCUT2D eigenvalue weighted by molar-refractivity contribution is 0.551. The van der Waals surface area contributed by atoms with Gasteiger partial charge in [-0.25, -0.2) is 0 Å². The zero-order valence-corrected chi connectivity index (χ0v) is 5.87. The van der Waals surface area contributed by atoms with Crippen molar-refractivity contribution in [2.24, 2.45) is 0 Å². The Morgan fingerprint density at radius 2 is 2.50 bits per heavy atom. The smallest absolute Gasteiger partial charge is 0.108 e. The third kappa shape index (κ3) is 4.33. The first-order valence-electron chi connectivity index (χ1n) is 1.83. The SMILES string of the molecule is CC[SiH2]S(=O)[O-]. The Morgan fingerprint density at radius 3 is 2.50 bits per heavy atom. The van der Waals surface area contributed by atoms with Crippen molar-refractivity contribution in [2.45, 2.75) is 13.0 Å². The molecule has 0 heterocycles. The molecule has 1 unspecified atom stereocenters. The summed E-state index contributed by atoms with van der Waals surface area (Å²) < 4.78 is 19.3. The molecule has 0 aromatic heterocycles. The zero-order chi connectivity index (χ0) is 4.99. The van der Waals surface area contributed by atoms with Gasteiger partial charge in [-0.3, -0.25) is 4.21 Å². The highest BCUT2D eigenvalue weighted by molar-refractivity contribution is 8.05. The maximum Gasteiger partial charge on any atom is 0.108 e. The fraction of sp³-hybridized carbons (Fsp3) is 1.00. The molecule has 0 radical (unpaired) electrons. The summed E-state index contributed by atoms with van der Waals surface area (Å²) >= 11 is 0. The molecule has 0 bridgehead atoms. The van der Waals surface area contributed by atoms with Crippen LogP contribution >= 0.6 is 0 Å². The second-order valence-corrected chi connectivity index (χ2v) is 5.66. The van der Waals surface area contributed by atoms with Gasteiger partial charge in [0, 0.05) is 0 Å². The van der Waals surface area contributed by atoms with Crippen molar-refractivity contribution in [3.8, 4) is 0 Å². The highest BCUT2D eigenvalue weighted by atomic mass is 32.4. The first kappa shape index (κ1) is 6.33. The maximum absolute atomic E-state index is 9.66. The minimum atomic E-state index is -1.68. The van der Waals surface area contributed by atoms with Gasteiger partial charge >= 0.3 is 0 Å². The van der Waals surface area contributed by atoms with Crippen molar-refractivity contribution in [3.63, 3.8) is 0 Å². The van der Waals surface area contributed by atoms with Crippen molar-refractivity contribution >= 4 is 19.2 Å². The fourth-order valence-electron chi connectivity index (χ4n) is 0.167. The van der Waals surface area contributed by atoms with E-state index in [1.807, 2.05) is 6.92 Å². The Hall–Kier alpha value is 0.327. The van der Waals surface area contributed by atoms with E-state index in [0.717, 1.165) is 6.04 Å². The van der Waals surface area contributed by atoms with E-state index in [9.17, 15) is 8.76 Å². The molecule has 0 aromatic rings. The predicted molar refractivity (Wildman–Crippen MR) is 27.9 cm³/mol. The first-order valence-corrected chi connectivity index (χ1v) is 5.81. The molecule has 0 aliphatic rings. The van der Waals surface area contributed by atoms with Gasteiger partial charge in [-0.05, 0) is 0 Å². The van der Waals surface area contributed by atoms with E-state index in [1.165, 1.54) is 0 Å². The molecule has 0 saturated carbocycles. The van der Waals surface area contributed by atoms with Crippen molar-refractivity contribution in [1.82, 2.24) is 0 Å². The van der Waals surface area contributed by atoms with E-state index in [-0.39, 0.29) is 0 Å². The lowest BCUT2D eigenvalue weighted by atomic mass is 11.0. The van der Waals surface area contributed by atoms with E-state index >= 15 is 0 Å². The van der Waals surface area contributed by atoms with Crippen LogP contribution in [0.15, 0.2) is 0 Å². The Balaban J connectivity index is 2.83. The molecule has 0 N–H and O–H groups in total. The average molecular weight is 123 g/mol. The molecular weight excluding hydrogens is 116 g/mol. The van der Waals surface area contributed by atoms with Crippen LogP contribution < -0.4 is 0 Å². The molecule has 6 heavy (non-hydrogen) atoms. The molecule has 2 nitrogen and oxygen atoms in total. The van der Waals surface area contributed by atoms with Gasteiger partial charge in [0.2, 0.25) is 0 Å². The maximum atomic E-state index is 9.66. The van der Waals surface area contributed by atoms with Crippen LogP contribution in [0, 0.1) is 0 Å². The van der Waals surface area contributed by atoms with E-state index < -0.39 is 19.2 Å². The minimum Gasteiger partial charge on any atom is -0.778 e. The Labute approximate surface area is 41.7 Å². The van der Waals surface area contributed by atoms with Gasteiger partial charge in [0.25, 0.3) is 0 Å². The molecule has 0 amide bonds. The van der Waals surface area contributed by atoms with Gasteiger partial charge in [0.15, 0.2) is 0 Å². The summed E-state index contributed by atoms with van der Waals surface area (Å²) in [5, 5.41) is 0. The van der Waals surface area contributed by atoms with Gasteiger partial charge in [0.05, 0.1) is 0 Å². The van der Waals surface area contributed by atoms with Crippen molar-refractivity contribution < 1.29 is 8.76 Å². The Morgan fingerprint density at radius 1 is 2.00 bits per heavy atom. The van der Waals surface area contributed by atoms with Crippen LogP contribution in [-0.2, 0) is 10.5 Å². The van der Waals surface area contributed by atoms with Gasteiger partial charge in [-0.15, -0.1) is 0 Å². The third-order valence-corrected chi connectivity index (χ3v) is 3.34. The highest BCUT2D eigenvalue weighted by Crippen LogP contribution is 1.74. The molecule has 38 valence electrons. The van der Waals surface area contributed by atoms with Crippen molar-refractivity contribution in [2.75, 3.05) is 0 Å². The molecule has 0 aliphatic carbocycles. The van der Waals surface area contributed by atoms with Crippen molar-refractivity contribution in [1.29, 1.82) is 0 Å². The van der Waals surface area contributed by atoms with Gasteiger partial charge in [-0.1, -0.05) is 23.5 Å². The summed E-state index contributed by atoms with van der Waals surface area (Å²) in [5.41, 5.74) is 0. The molecule has 0 spiro atoms. The van der Waals surface area contributed by atoms with E-state index in [4.69, 9.17) is 0 Å². The quantitative estimate of drug-likeness (QED) is 0.363. The Kier molecular flexibility index (Phi) is 3.71. The lowest BCUT2D eigenvalue weighted by Gasteiger charge is -1.97. The largest absolute Gasteiger partial charge is 0.778 e. The summed E-state index contributed by atoms with van der Waals surface area (Å²) in [5.74, 6) is 0. The fourth-order valence-corrected chi connectivity index (χ4v) is 1.50. The second kappa shape index (κ2) is 3.51. The van der Waals surface area contributed by atoms with Crippen LogP contribution in [0.2, 0.25) is 6.04 Å². The van der Waals surface area contributed by atoms with Gasteiger partial charge in [0.1, 0.15) is 8.67 Å². The van der Waals surface area contributed by atoms with Gasteiger partial charge < -0.3 is 4.55 Å². The van der Waals surface area contributed by atoms with Crippen molar-refractivity contribution in [3.05, 3.63) is 0 Å². The zero-order valence-electron chi connectivity index (χ0n) is 3.64. The molecule has 0 aromatic carbocycles. The summed E-state index contributed by atoms with van der Waals surface area (Å²) in [6.07, 6.45) is 0. The minimum absolute atomic E-state index is 0.727. The van der Waals surface area contributed by atoms with Gasteiger partial charge in [-0.2, -0.15) is 0 Å². The first-order chi connectivity index (χ1) is 2.77. The van der Waals surface area contributed by atoms with E-state index in [2.05, 4.69) is 0 Å². The summed E-state index contributed by atoms with van der Waals surface area (Å²) in [6, 6.07) is 0.857. The summed E-state index contributed by atoms with van der Waals surface area (Å²) in [4.78, 5) is 0. The Bertz CT molecular complexity index is 55.5. The molecule has 0 fully saturated rings. The monoisotopic (exact) mass is 123 g/mol. The normalized spacial score (nSPS) is 16.3. The van der Waals surface area contributed by atoms with Crippen LogP contribution in [0.3, 0.4) is 0 Å². The molecule has 0 saturated heterocycles. The summed E-state index contributed by atoms with van der Waals surface area (Å²) in [7, 11) is -2.40. The molecule has 0 aliphatic heterocycles. The molecule has 4 heteroatoms. The molecule has 0 rings (SSSR count). The number of hydrogen-bond donors (Lipinski definition) is 0. The number of hydrogen-bond acceptors (Lipinski definition) is 2. The summed E-state index contributed by atoms with van der Waals surface area (Å²) in [6.45, 7) is 1.89. The van der Waals surface area contributed by atoms with Crippen LogP contribution in [0.25, 0.3) is 0 Å². The number of rotatable bonds is 2. The van der Waals surface area contributed by atoms with E-state index in [0.29, 0.717) is 0 Å². The highest BCUT2D eigenvalue weighted by Gasteiger charge is 1.75. The topological polar surface area (TPSA) is 40.1 Å². The predicted octanol–water partition coefficient (Wildman–Crippen LogP) is -0.612. The molecular formula is C2H7O2SSi-. The van der Waals surface area contributed by atoms with Crippen LogP contribution in [0.5, 0.6) is 0 Å². The van der Waals surface area contributed by atoms with Crippen LogP contribution in [-0.4, -0.2) is 17.4 Å². The van der Waals surface area contributed by atoms with Crippen LogP contribution in [0.4, 0.5) is 0 Å².